The van der Waals surface area contributed by atoms with Gasteiger partial charge in [0, 0.05) is 0 Å². The van der Waals surface area contributed by atoms with E-state index in [0.29, 0.717) is 5.71 Å². The van der Waals surface area contributed by atoms with E-state index in [4.69, 9.17) is 10.4 Å². The van der Waals surface area contributed by atoms with Gasteiger partial charge in [-0.1, -0.05) is 5.16 Å². The highest BCUT2D eigenvalue weighted by molar-refractivity contribution is 5.89. The molecule has 0 heterocycles. The van der Waals surface area contributed by atoms with Crippen molar-refractivity contribution >= 4 is 5.71 Å². The zero-order valence-electron chi connectivity index (χ0n) is 5.84. The van der Waals surface area contributed by atoms with Gasteiger partial charge >= 0.3 is 0 Å². The average Bonchev–Trinajstić information content (AvgIpc) is 1.86. The quantitative estimate of drug-likeness (QED) is 0.293. The van der Waals surface area contributed by atoms with Gasteiger partial charge in [0.05, 0.1) is 11.3 Å². The maximum Gasteiger partial charge on any atom is 0.0784 e. The minimum Gasteiger partial charge on any atom is -0.411 e. The van der Waals surface area contributed by atoms with Gasteiger partial charge in [0.2, 0.25) is 0 Å². The summed E-state index contributed by atoms with van der Waals surface area (Å²) >= 11 is 0. The monoisotopic (exact) mass is 132 g/mol. The first kappa shape index (κ1) is 8.39. The Labute approximate surface area is 54.1 Å². The largest absolute Gasteiger partial charge is 0.411 e. The molecule has 0 amide bonds. The molecule has 0 atom stereocenters. The van der Waals surface area contributed by atoms with Crippen LogP contribution >= 0.6 is 0 Å². The first-order valence-corrected chi connectivity index (χ1v) is 2.65. The van der Waals surface area contributed by atoms with Crippen molar-refractivity contribution in [3.8, 4) is 0 Å². The molecule has 9 heavy (non-hydrogen) atoms. The third-order valence-electron chi connectivity index (χ3n) is 1.33. The zero-order valence-corrected chi connectivity index (χ0v) is 5.84. The van der Waals surface area contributed by atoms with Crippen LogP contribution in [0.4, 0.5) is 0 Å². The van der Waals surface area contributed by atoms with Crippen molar-refractivity contribution in [2.45, 2.75) is 26.3 Å². The molecule has 0 fully saturated rings. The molecular weight excluding hydrogens is 120 g/mol. The summed E-state index contributed by atoms with van der Waals surface area (Å²) in [4.78, 5) is 0. The van der Waals surface area contributed by atoms with Crippen LogP contribution in [0.2, 0.25) is 0 Å². The third-order valence-corrected chi connectivity index (χ3v) is 1.33. The standard InChI is InChI=1S/C5H12N2O2/c1-4(6-8)5(2,3)7-9/h7-9H,1-3H3/b6-4-. The van der Waals surface area contributed by atoms with E-state index in [1.54, 1.807) is 20.8 Å². The lowest BCUT2D eigenvalue weighted by Gasteiger charge is -2.20. The number of nitrogens with zero attached hydrogens (tertiary/aromatic N) is 1. The fourth-order valence-corrected chi connectivity index (χ4v) is 0.206. The number of rotatable bonds is 2. The predicted molar refractivity (Wildman–Crippen MR) is 33.9 cm³/mol. The van der Waals surface area contributed by atoms with Crippen LogP contribution in [-0.2, 0) is 0 Å². The van der Waals surface area contributed by atoms with E-state index in [9.17, 15) is 0 Å². The summed E-state index contributed by atoms with van der Waals surface area (Å²) in [6, 6.07) is 0. The van der Waals surface area contributed by atoms with Crippen molar-refractivity contribution < 1.29 is 10.4 Å². The van der Waals surface area contributed by atoms with E-state index in [0.717, 1.165) is 0 Å². The SMILES string of the molecule is C/C(=N/O)C(C)(C)NO. The molecule has 4 heteroatoms. The molecule has 0 aromatic heterocycles. The van der Waals surface area contributed by atoms with Gasteiger partial charge in [-0.15, -0.1) is 0 Å². The van der Waals surface area contributed by atoms with E-state index in [1.807, 2.05) is 5.48 Å². The summed E-state index contributed by atoms with van der Waals surface area (Å²) in [5.74, 6) is 0. The van der Waals surface area contributed by atoms with E-state index in [1.165, 1.54) is 0 Å². The molecule has 0 spiro atoms. The first-order valence-electron chi connectivity index (χ1n) is 2.65. The van der Waals surface area contributed by atoms with Gasteiger partial charge in [-0.3, -0.25) is 0 Å². The van der Waals surface area contributed by atoms with Crippen molar-refractivity contribution in [3.63, 3.8) is 0 Å². The molecule has 0 aromatic carbocycles. The van der Waals surface area contributed by atoms with E-state index in [2.05, 4.69) is 5.16 Å². The fraction of sp³-hybridized carbons (Fsp3) is 0.800. The minimum absolute atomic E-state index is 0.435. The second-order valence-corrected chi connectivity index (χ2v) is 2.42. The highest BCUT2D eigenvalue weighted by Gasteiger charge is 2.20. The molecule has 0 rings (SSSR count). The average molecular weight is 132 g/mol. The number of hydrogen-bond acceptors (Lipinski definition) is 4. The molecule has 4 nitrogen and oxygen atoms in total. The van der Waals surface area contributed by atoms with E-state index < -0.39 is 5.54 Å². The van der Waals surface area contributed by atoms with Crippen molar-refractivity contribution in [2.24, 2.45) is 5.16 Å². The van der Waals surface area contributed by atoms with Crippen LogP contribution in [0.5, 0.6) is 0 Å². The zero-order chi connectivity index (χ0) is 7.49. The second kappa shape index (κ2) is 2.80. The van der Waals surface area contributed by atoms with Gasteiger partial charge in [-0.25, -0.2) is 0 Å². The molecule has 0 saturated carbocycles. The van der Waals surface area contributed by atoms with Crippen LogP contribution in [0.15, 0.2) is 5.16 Å². The van der Waals surface area contributed by atoms with Gasteiger partial charge in [-0.05, 0) is 20.8 Å². The minimum atomic E-state index is -0.644. The molecule has 0 aliphatic rings. The summed E-state index contributed by atoms with van der Waals surface area (Å²) in [6.07, 6.45) is 0. The van der Waals surface area contributed by atoms with Crippen molar-refractivity contribution in [1.29, 1.82) is 0 Å². The second-order valence-electron chi connectivity index (χ2n) is 2.42. The molecule has 0 saturated heterocycles. The van der Waals surface area contributed by atoms with Crippen LogP contribution in [0.1, 0.15) is 20.8 Å². The Balaban J connectivity index is 4.14. The number of oxime groups is 1. The van der Waals surface area contributed by atoms with E-state index >= 15 is 0 Å². The molecule has 0 aliphatic carbocycles. The Morgan fingerprint density at radius 2 is 2.00 bits per heavy atom. The van der Waals surface area contributed by atoms with Crippen molar-refractivity contribution in [2.75, 3.05) is 0 Å². The molecule has 0 aliphatic heterocycles. The van der Waals surface area contributed by atoms with Gasteiger partial charge in [0.15, 0.2) is 0 Å². The molecule has 0 radical (unpaired) electrons. The molecule has 0 aromatic rings. The van der Waals surface area contributed by atoms with Crippen molar-refractivity contribution in [1.82, 2.24) is 5.48 Å². The Morgan fingerprint density at radius 3 is 2.11 bits per heavy atom. The first-order chi connectivity index (χ1) is 4.04. The summed E-state index contributed by atoms with van der Waals surface area (Å²) in [6.45, 7) is 5.01. The lowest BCUT2D eigenvalue weighted by Crippen LogP contribution is -2.43. The topological polar surface area (TPSA) is 64.9 Å². The number of hydrogen-bond donors (Lipinski definition) is 3. The van der Waals surface area contributed by atoms with Crippen LogP contribution in [0, 0.1) is 0 Å². The fourth-order valence-electron chi connectivity index (χ4n) is 0.206. The van der Waals surface area contributed by atoms with Crippen LogP contribution in [0.3, 0.4) is 0 Å². The molecular formula is C5H12N2O2. The van der Waals surface area contributed by atoms with Gasteiger partial charge in [-0.2, -0.15) is 5.48 Å². The maximum atomic E-state index is 8.45. The number of hydroxylamine groups is 1. The van der Waals surface area contributed by atoms with Gasteiger partial charge in [0.25, 0.3) is 0 Å². The smallest absolute Gasteiger partial charge is 0.0784 e. The van der Waals surface area contributed by atoms with Crippen LogP contribution in [0.25, 0.3) is 0 Å². The Kier molecular flexibility index (Phi) is 2.61. The molecule has 0 bridgehead atoms. The highest BCUT2D eigenvalue weighted by atomic mass is 16.5. The van der Waals surface area contributed by atoms with Crippen molar-refractivity contribution in [3.05, 3.63) is 0 Å². The Morgan fingerprint density at radius 1 is 1.56 bits per heavy atom. The normalized spacial score (nSPS) is 14.0. The summed E-state index contributed by atoms with van der Waals surface area (Å²) in [7, 11) is 0. The summed E-state index contributed by atoms with van der Waals surface area (Å²) in [5.41, 5.74) is 1.79. The third kappa shape index (κ3) is 1.99. The number of nitrogens with one attached hydrogen (secondary N) is 1. The molecule has 3 N–H and O–H groups in total. The Bertz CT molecular complexity index is 120. The maximum absolute atomic E-state index is 8.45. The summed E-state index contributed by atoms with van der Waals surface area (Å²) in [5, 5.41) is 19.6. The summed E-state index contributed by atoms with van der Waals surface area (Å²) < 4.78 is 0. The predicted octanol–water partition coefficient (Wildman–Crippen LogP) is 0.594. The van der Waals surface area contributed by atoms with Crippen LogP contribution < -0.4 is 5.48 Å². The highest BCUT2D eigenvalue weighted by Crippen LogP contribution is 2.02. The lowest BCUT2D eigenvalue weighted by atomic mass is 10.0. The van der Waals surface area contributed by atoms with Gasteiger partial charge < -0.3 is 10.4 Å². The lowest BCUT2D eigenvalue weighted by molar-refractivity contribution is 0.113. The Hall–Kier alpha value is -0.610. The van der Waals surface area contributed by atoms with Crippen LogP contribution in [-0.4, -0.2) is 21.7 Å². The molecule has 54 valence electrons. The van der Waals surface area contributed by atoms with Gasteiger partial charge in [0.1, 0.15) is 0 Å². The molecule has 0 unspecified atom stereocenters. The van der Waals surface area contributed by atoms with E-state index in [-0.39, 0.29) is 0 Å².